The zero-order valence-corrected chi connectivity index (χ0v) is 16.1. The smallest absolute Gasteiger partial charge is 0.451 e. The number of carbonyl (C=O) groups is 2. The Morgan fingerprint density at radius 1 is 1.15 bits per heavy atom. The predicted molar refractivity (Wildman–Crippen MR) is 106 cm³/mol. The molecule has 0 radical (unpaired) electrons. The third kappa shape index (κ3) is 6.21. The van der Waals surface area contributed by atoms with Gasteiger partial charge in [-0.2, -0.15) is 0 Å². The van der Waals surface area contributed by atoms with E-state index in [0.29, 0.717) is 44.3 Å². The first-order valence-electron chi connectivity index (χ1n) is 9.07. The van der Waals surface area contributed by atoms with E-state index in [1.807, 2.05) is 18.2 Å². The molecule has 0 saturated carbocycles. The highest BCUT2D eigenvalue weighted by atomic mass is 35.5. The number of unbranched alkanes of at least 4 members (excludes halogenated alkanes) is 1. The molecular formula is C18H28BClN2O5. The first kappa shape index (κ1) is 23.4. The van der Waals surface area contributed by atoms with Crippen LogP contribution in [0.15, 0.2) is 30.3 Å². The molecule has 27 heavy (non-hydrogen) atoms. The minimum Gasteiger partial charge on any atom is -0.480 e. The number of benzene rings is 1. The van der Waals surface area contributed by atoms with Crippen LogP contribution in [0.5, 0.6) is 0 Å². The average Bonchev–Trinajstić information content (AvgIpc) is 2.65. The van der Waals surface area contributed by atoms with Crippen molar-refractivity contribution in [1.29, 1.82) is 0 Å². The number of rotatable bonds is 8. The first-order valence-corrected chi connectivity index (χ1v) is 9.07. The van der Waals surface area contributed by atoms with Crippen molar-refractivity contribution in [3.8, 4) is 0 Å². The molecular weight excluding hydrogens is 370 g/mol. The first-order chi connectivity index (χ1) is 12.3. The van der Waals surface area contributed by atoms with Gasteiger partial charge in [0.2, 0.25) is 0 Å². The largest absolute Gasteiger partial charge is 0.480 e. The van der Waals surface area contributed by atoms with Crippen molar-refractivity contribution in [2.24, 2.45) is 11.7 Å². The lowest BCUT2D eigenvalue weighted by atomic mass is 9.74. The fraction of sp³-hybridized carbons (Fsp3) is 0.556. The van der Waals surface area contributed by atoms with Gasteiger partial charge in [0.15, 0.2) is 0 Å². The van der Waals surface area contributed by atoms with E-state index in [4.69, 9.17) is 15.8 Å². The maximum absolute atomic E-state index is 12.5. The number of amides is 1. The van der Waals surface area contributed by atoms with E-state index in [0.717, 1.165) is 0 Å². The summed E-state index contributed by atoms with van der Waals surface area (Å²) in [5.41, 5.74) is 5.52. The molecule has 1 aromatic rings. The van der Waals surface area contributed by atoms with E-state index in [1.54, 1.807) is 17.0 Å². The summed E-state index contributed by atoms with van der Waals surface area (Å²) in [5, 5.41) is 27.4. The van der Waals surface area contributed by atoms with Gasteiger partial charge in [-0.3, -0.25) is 9.59 Å². The molecule has 1 unspecified atom stereocenters. The Morgan fingerprint density at radius 2 is 1.74 bits per heavy atom. The lowest BCUT2D eigenvalue weighted by Gasteiger charge is -2.40. The topological polar surface area (TPSA) is 124 Å². The Hall–Kier alpha value is -1.61. The summed E-state index contributed by atoms with van der Waals surface area (Å²) in [6, 6.07) is 9.04. The average molecular weight is 399 g/mol. The van der Waals surface area contributed by atoms with Gasteiger partial charge in [0.25, 0.3) is 5.91 Å². The van der Waals surface area contributed by atoms with Gasteiger partial charge in [-0.25, -0.2) is 0 Å². The Morgan fingerprint density at radius 3 is 2.26 bits per heavy atom. The highest BCUT2D eigenvalue weighted by Gasteiger charge is 2.43. The van der Waals surface area contributed by atoms with Crippen molar-refractivity contribution >= 4 is 31.4 Å². The number of hydrogen-bond donors (Lipinski definition) is 4. The van der Waals surface area contributed by atoms with Crippen LogP contribution in [0.4, 0.5) is 0 Å². The van der Waals surface area contributed by atoms with Crippen molar-refractivity contribution in [2.45, 2.75) is 44.0 Å². The van der Waals surface area contributed by atoms with Crippen molar-refractivity contribution in [1.82, 2.24) is 4.90 Å². The Bertz CT molecular complexity index is 611. The molecule has 150 valence electrons. The summed E-state index contributed by atoms with van der Waals surface area (Å²) in [4.78, 5) is 26.0. The molecule has 0 bridgehead atoms. The summed E-state index contributed by atoms with van der Waals surface area (Å²) in [7, 11) is -1.38. The molecule has 1 saturated heterocycles. The summed E-state index contributed by atoms with van der Waals surface area (Å²) < 4.78 is 0. The van der Waals surface area contributed by atoms with Crippen LogP contribution in [0.25, 0.3) is 0 Å². The van der Waals surface area contributed by atoms with Crippen LogP contribution in [0.1, 0.15) is 42.5 Å². The van der Waals surface area contributed by atoms with E-state index in [2.05, 4.69) is 0 Å². The number of aliphatic carboxylic acids is 1. The third-order valence-electron chi connectivity index (χ3n) is 5.23. The minimum atomic E-state index is -1.38. The molecule has 1 aliphatic rings. The number of nitrogens with zero attached hydrogens (tertiary/aromatic N) is 1. The van der Waals surface area contributed by atoms with Crippen LogP contribution in [-0.4, -0.2) is 57.7 Å². The van der Waals surface area contributed by atoms with Crippen LogP contribution in [-0.2, 0) is 4.79 Å². The van der Waals surface area contributed by atoms with Crippen LogP contribution >= 0.6 is 12.4 Å². The summed E-state index contributed by atoms with van der Waals surface area (Å²) in [6.07, 6.45) is 2.61. The van der Waals surface area contributed by atoms with E-state index in [-0.39, 0.29) is 37.0 Å². The molecule has 5 N–H and O–H groups in total. The lowest BCUT2D eigenvalue weighted by Crippen LogP contribution is -2.57. The molecule has 0 aromatic heterocycles. The molecule has 0 aliphatic carbocycles. The zero-order chi connectivity index (χ0) is 19.2. The summed E-state index contributed by atoms with van der Waals surface area (Å²) in [5.74, 6) is -1.28. The molecule has 0 spiro atoms. The molecule has 1 amide bonds. The summed E-state index contributed by atoms with van der Waals surface area (Å²) >= 11 is 0. The van der Waals surface area contributed by atoms with Crippen molar-refractivity contribution < 1.29 is 24.7 Å². The highest BCUT2D eigenvalue weighted by molar-refractivity contribution is 6.40. The van der Waals surface area contributed by atoms with E-state index < -0.39 is 18.6 Å². The molecule has 9 heteroatoms. The molecule has 7 nitrogen and oxygen atoms in total. The number of carboxylic acids is 1. The quantitative estimate of drug-likeness (QED) is 0.387. The van der Waals surface area contributed by atoms with Crippen LogP contribution in [0.3, 0.4) is 0 Å². The number of nitrogens with two attached hydrogens (primary N) is 1. The number of likely N-dealkylation sites (tertiary alicyclic amines) is 1. The molecule has 2 rings (SSSR count). The molecule has 1 fully saturated rings. The van der Waals surface area contributed by atoms with Gasteiger partial charge in [0.05, 0.1) is 0 Å². The number of piperidine rings is 1. The van der Waals surface area contributed by atoms with Gasteiger partial charge in [-0.15, -0.1) is 12.4 Å². The number of halogens is 1. The maximum Gasteiger partial charge on any atom is 0.451 e. The molecule has 1 aromatic carbocycles. The maximum atomic E-state index is 12.5. The normalized spacial score (nSPS) is 16.9. The van der Waals surface area contributed by atoms with E-state index >= 15 is 0 Å². The van der Waals surface area contributed by atoms with Crippen LogP contribution < -0.4 is 5.73 Å². The second-order valence-corrected chi connectivity index (χ2v) is 7.00. The van der Waals surface area contributed by atoms with Gasteiger partial charge < -0.3 is 25.8 Å². The monoisotopic (exact) mass is 398 g/mol. The SMILES string of the molecule is Cl.NC(CCCCB(O)O)(C(=O)O)C1CCN(C(=O)c2ccccc2)CC1. The standard InChI is InChI=1S/C18H27BN2O5.ClH/c20-18(17(23)24,10-4-5-11-19(25)26)15-8-12-21(13-9-15)16(22)14-6-2-1-3-7-14;/h1-3,6-7,15,25-26H,4-5,8-13,20H2,(H,23,24);1H. The van der Waals surface area contributed by atoms with E-state index in [1.165, 1.54) is 0 Å². The van der Waals surface area contributed by atoms with Crippen LogP contribution in [0.2, 0.25) is 6.32 Å². The van der Waals surface area contributed by atoms with Gasteiger partial charge in [0, 0.05) is 18.7 Å². The van der Waals surface area contributed by atoms with Crippen molar-refractivity contribution in [3.05, 3.63) is 35.9 Å². The van der Waals surface area contributed by atoms with Crippen LogP contribution in [0, 0.1) is 5.92 Å². The zero-order valence-electron chi connectivity index (χ0n) is 15.3. The third-order valence-corrected chi connectivity index (χ3v) is 5.23. The van der Waals surface area contributed by atoms with Gasteiger partial charge in [-0.1, -0.05) is 31.0 Å². The van der Waals surface area contributed by atoms with Gasteiger partial charge in [-0.05, 0) is 43.6 Å². The van der Waals surface area contributed by atoms with Crippen molar-refractivity contribution in [3.63, 3.8) is 0 Å². The lowest BCUT2D eigenvalue weighted by molar-refractivity contribution is -0.146. The second-order valence-electron chi connectivity index (χ2n) is 7.00. The van der Waals surface area contributed by atoms with Gasteiger partial charge in [0.1, 0.15) is 5.54 Å². The van der Waals surface area contributed by atoms with E-state index in [9.17, 15) is 14.7 Å². The Balaban J connectivity index is 0.00000364. The summed E-state index contributed by atoms with van der Waals surface area (Å²) in [6.45, 7) is 0.972. The molecule has 1 atom stereocenters. The molecule has 1 heterocycles. The second kappa shape index (κ2) is 10.7. The Kier molecular flexibility index (Phi) is 9.25. The predicted octanol–water partition coefficient (Wildman–Crippen LogP) is 1.39. The fourth-order valence-corrected chi connectivity index (χ4v) is 3.59. The Labute approximate surface area is 166 Å². The molecule has 1 aliphatic heterocycles. The van der Waals surface area contributed by atoms with Crippen molar-refractivity contribution in [2.75, 3.05) is 13.1 Å². The van der Waals surface area contributed by atoms with Gasteiger partial charge >= 0.3 is 13.1 Å². The number of hydrogen-bond acceptors (Lipinski definition) is 5. The number of carbonyl (C=O) groups excluding carboxylic acids is 1. The minimum absolute atomic E-state index is 0. The number of carboxylic acid groups (broad SMARTS) is 1. The fourth-order valence-electron chi connectivity index (χ4n) is 3.59. The highest BCUT2D eigenvalue weighted by Crippen LogP contribution is 2.31.